The third-order valence-electron chi connectivity index (χ3n) is 4.38. The fourth-order valence-corrected chi connectivity index (χ4v) is 2.92. The molecule has 0 aromatic heterocycles. The maximum Gasteiger partial charge on any atom is 0.335 e. The summed E-state index contributed by atoms with van der Waals surface area (Å²) in [7, 11) is 3.22. The van der Waals surface area contributed by atoms with E-state index in [0.29, 0.717) is 18.1 Å². The predicted octanol–water partition coefficient (Wildman–Crippen LogP) is 4.69. The van der Waals surface area contributed by atoms with Crippen LogP contribution in [-0.4, -0.2) is 31.9 Å². The van der Waals surface area contributed by atoms with Gasteiger partial charge in [-0.3, -0.25) is 0 Å². The van der Waals surface area contributed by atoms with E-state index in [-0.39, 0.29) is 5.56 Å². The third kappa shape index (κ3) is 4.62. The molecule has 0 aliphatic rings. The molecule has 0 bridgehead atoms. The SMILES string of the molecule is COc1ccc(CCOc2cccc(-c3cccc(C(=O)O)c3)c2)cc1OC. The van der Waals surface area contributed by atoms with Crippen LogP contribution in [0.3, 0.4) is 0 Å². The van der Waals surface area contributed by atoms with Crippen molar-refractivity contribution < 1.29 is 24.1 Å². The van der Waals surface area contributed by atoms with Crippen molar-refractivity contribution in [1.82, 2.24) is 0 Å². The average Bonchev–Trinajstić information content (AvgIpc) is 2.74. The minimum Gasteiger partial charge on any atom is -0.493 e. The number of carbonyl (C=O) groups is 1. The zero-order chi connectivity index (χ0) is 19.9. The van der Waals surface area contributed by atoms with Crippen molar-refractivity contribution in [1.29, 1.82) is 0 Å². The minimum absolute atomic E-state index is 0.261. The number of methoxy groups -OCH3 is 2. The normalized spacial score (nSPS) is 10.4. The van der Waals surface area contributed by atoms with Crippen molar-refractivity contribution in [2.75, 3.05) is 20.8 Å². The Balaban J connectivity index is 1.67. The van der Waals surface area contributed by atoms with Crippen molar-refractivity contribution in [3.8, 4) is 28.4 Å². The molecule has 3 rings (SSSR count). The Morgan fingerprint density at radius 3 is 2.29 bits per heavy atom. The van der Waals surface area contributed by atoms with Gasteiger partial charge < -0.3 is 19.3 Å². The number of hydrogen-bond acceptors (Lipinski definition) is 4. The molecule has 144 valence electrons. The lowest BCUT2D eigenvalue weighted by Gasteiger charge is -2.11. The van der Waals surface area contributed by atoms with Crippen LogP contribution in [0.1, 0.15) is 15.9 Å². The lowest BCUT2D eigenvalue weighted by atomic mass is 10.0. The van der Waals surface area contributed by atoms with Crippen LogP contribution in [0.25, 0.3) is 11.1 Å². The maximum atomic E-state index is 11.2. The second-order valence-corrected chi connectivity index (χ2v) is 6.20. The van der Waals surface area contributed by atoms with Gasteiger partial charge >= 0.3 is 5.97 Å². The lowest BCUT2D eigenvalue weighted by Crippen LogP contribution is -2.02. The Morgan fingerprint density at radius 1 is 0.857 bits per heavy atom. The average molecular weight is 378 g/mol. The van der Waals surface area contributed by atoms with Crippen LogP contribution in [0.15, 0.2) is 66.7 Å². The number of ether oxygens (including phenoxy) is 3. The van der Waals surface area contributed by atoms with Gasteiger partial charge in [0.2, 0.25) is 0 Å². The molecular weight excluding hydrogens is 356 g/mol. The van der Waals surface area contributed by atoms with E-state index in [1.54, 1.807) is 32.4 Å². The zero-order valence-electron chi connectivity index (χ0n) is 15.8. The fraction of sp³-hybridized carbons (Fsp3) is 0.174. The van der Waals surface area contributed by atoms with Crippen molar-refractivity contribution >= 4 is 5.97 Å². The van der Waals surface area contributed by atoms with Crippen molar-refractivity contribution in [3.05, 3.63) is 77.9 Å². The molecule has 0 atom stereocenters. The quantitative estimate of drug-likeness (QED) is 0.616. The summed E-state index contributed by atoms with van der Waals surface area (Å²) < 4.78 is 16.5. The molecule has 5 nitrogen and oxygen atoms in total. The Kier molecular flexibility index (Phi) is 6.17. The third-order valence-corrected chi connectivity index (χ3v) is 4.38. The molecule has 0 amide bonds. The molecule has 0 spiro atoms. The molecule has 3 aromatic carbocycles. The summed E-state index contributed by atoms with van der Waals surface area (Å²) in [5.74, 6) is 1.19. The van der Waals surface area contributed by atoms with Gasteiger partial charge in [-0.15, -0.1) is 0 Å². The van der Waals surface area contributed by atoms with Gasteiger partial charge in [-0.1, -0.05) is 30.3 Å². The summed E-state index contributed by atoms with van der Waals surface area (Å²) in [5, 5.41) is 9.16. The first kappa shape index (κ1) is 19.3. The van der Waals surface area contributed by atoms with Gasteiger partial charge in [0.25, 0.3) is 0 Å². The topological polar surface area (TPSA) is 65.0 Å². The molecule has 0 saturated carbocycles. The standard InChI is InChI=1S/C23H22O5/c1-26-21-10-9-16(13-22(21)27-2)11-12-28-20-8-4-6-18(15-20)17-5-3-7-19(14-17)23(24)25/h3-10,13-15H,11-12H2,1-2H3,(H,24,25). The number of carboxylic acids is 1. The first-order chi connectivity index (χ1) is 13.6. The van der Waals surface area contributed by atoms with Crippen LogP contribution in [0, 0.1) is 0 Å². The second-order valence-electron chi connectivity index (χ2n) is 6.20. The second kappa shape index (κ2) is 8.95. The molecular formula is C23H22O5. The molecule has 1 N–H and O–H groups in total. The number of carboxylic acid groups (broad SMARTS) is 1. The highest BCUT2D eigenvalue weighted by molar-refractivity contribution is 5.89. The highest BCUT2D eigenvalue weighted by atomic mass is 16.5. The van der Waals surface area contributed by atoms with E-state index in [1.807, 2.05) is 48.5 Å². The van der Waals surface area contributed by atoms with Crippen LogP contribution in [0.2, 0.25) is 0 Å². The Morgan fingerprint density at radius 2 is 1.57 bits per heavy atom. The summed E-state index contributed by atoms with van der Waals surface area (Å²) in [5.41, 5.74) is 3.09. The minimum atomic E-state index is -0.941. The van der Waals surface area contributed by atoms with Crippen LogP contribution >= 0.6 is 0 Å². The van der Waals surface area contributed by atoms with Crippen LogP contribution in [-0.2, 0) is 6.42 Å². The summed E-state index contributed by atoms with van der Waals surface area (Å²) in [4.78, 5) is 11.2. The molecule has 3 aromatic rings. The van der Waals surface area contributed by atoms with E-state index < -0.39 is 5.97 Å². The van der Waals surface area contributed by atoms with Gasteiger partial charge in [0, 0.05) is 6.42 Å². The van der Waals surface area contributed by atoms with E-state index in [4.69, 9.17) is 19.3 Å². The van der Waals surface area contributed by atoms with Crippen molar-refractivity contribution in [2.24, 2.45) is 0 Å². The highest BCUT2D eigenvalue weighted by Crippen LogP contribution is 2.28. The first-order valence-electron chi connectivity index (χ1n) is 8.88. The van der Waals surface area contributed by atoms with E-state index >= 15 is 0 Å². The molecule has 5 heteroatoms. The Bertz CT molecular complexity index is 965. The van der Waals surface area contributed by atoms with Crippen molar-refractivity contribution in [3.63, 3.8) is 0 Å². The molecule has 0 heterocycles. The molecule has 0 unspecified atom stereocenters. The highest BCUT2D eigenvalue weighted by Gasteiger charge is 2.07. The maximum absolute atomic E-state index is 11.2. The van der Waals surface area contributed by atoms with Gasteiger partial charge in [0.1, 0.15) is 5.75 Å². The number of rotatable bonds is 8. The monoisotopic (exact) mass is 378 g/mol. The number of benzene rings is 3. The molecule has 0 aliphatic heterocycles. The van der Waals surface area contributed by atoms with Crippen LogP contribution < -0.4 is 14.2 Å². The lowest BCUT2D eigenvalue weighted by molar-refractivity contribution is 0.0697. The molecule has 0 saturated heterocycles. The molecule has 0 fully saturated rings. The smallest absolute Gasteiger partial charge is 0.335 e. The molecule has 0 aliphatic carbocycles. The largest absolute Gasteiger partial charge is 0.493 e. The van der Waals surface area contributed by atoms with Gasteiger partial charge in [-0.05, 0) is 53.1 Å². The van der Waals surface area contributed by atoms with Gasteiger partial charge in [-0.25, -0.2) is 4.79 Å². The number of hydrogen-bond donors (Lipinski definition) is 1. The van der Waals surface area contributed by atoms with Crippen LogP contribution in [0.4, 0.5) is 0 Å². The first-order valence-corrected chi connectivity index (χ1v) is 8.88. The molecule has 28 heavy (non-hydrogen) atoms. The van der Waals surface area contributed by atoms with E-state index in [2.05, 4.69) is 0 Å². The zero-order valence-corrected chi connectivity index (χ0v) is 15.8. The Labute approximate surface area is 164 Å². The van der Waals surface area contributed by atoms with E-state index in [9.17, 15) is 4.79 Å². The van der Waals surface area contributed by atoms with Gasteiger partial charge in [-0.2, -0.15) is 0 Å². The Hall–Kier alpha value is -3.47. The predicted molar refractivity (Wildman–Crippen MR) is 108 cm³/mol. The van der Waals surface area contributed by atoms with Gasteiger partial charge in [0.05, 0.1) is 26.4 Å². The van der Waals surface area contributed by atoms with E-state index in [0.717, 1.165) is 28.9 Å². The van der Waals surface area contributed by atoms with Crippen LogP contribution in [0.5, 0.6) is 17.2 Å². The van der Waals surface area contributed by atoms with Crippen molar-refractivity contribution in [2.45, 2.75) is 6.42 Å². The fourth-order valence-electron chi connectivity index (χ4n) is 2.92. The van der Waals surface area contributed by atoms with E-state index in [1.165, 1.54) is 0 Å². The summed E-state index contributed by atoms with van der Waals surface area (Å²) in [6, 6.07) is 20.3. The molecule has 0 radical (unpaired) electrons. The summed E-state index contributed by atoms with van der Waals surface area (Å²) >= 11 is 0. The number of aromatic carboxylic acids is 1. The van der Waals surface area contributed by atoms with Gasteiger partial charge in [0.15, 0.2) is 11.5 Å². The summed E-state index contributed by atoms with van der Waals surface area (Å²) in [6.07, 6.45) is 0.721. The summed E-state index contributed by atoms with van der Waals surface area (Å²) in [6.45, 7) is 0.508.